The summed E-state index contributed by atoms with van der Waals surface area (Å²) in [5, 5.41) is 2.34. The van der Waals surface area contributed by atoms with Gasteiger partial charge in [-0.3, -0.25) is 14.6 Å². The molecule has 0 radical (unpaired) electrons. The fraction of sp³-hybridized carbons (Fsp3) is 0.447. The lowest BCUT2D eigenvalue weighted by Crippen LogP contribution is -2.49. The van der Waals surface area contributed by atoms with Gasteiger partial charge in [-0.25, -0.2) is 4.98 Å². The first-order chi connectivity index (χ1) is 24.0. The molecule has 0 atom stereocenters. The largest absolute Gasteiger partial charge is 0.467 e. The summed E-state index contributed by atoms with van der Waals surface area (Å²) in [6.45, 7) is 12.7. The molecule has 49 heavy (non-hydrogen) atoms. The Bertz CT molecular complexity index is 1720. The van der Waals surface area contributed by atoms with Crippen LogP contribution in [-0.4, -0.2) is 112 Å². The number of carbonyl (C=O) groups is 1. The third kappa shape index (κ3) is 7.90. The van der Waals surface area contributed by atoms with Gasteiger partial charge < -0.3 is 28.9 Å². The molecule has 3 aliphatic rings. The molecule has 3 aromatic carbocycles. The first-order valence-electron chi connectivity index (χ1n) is 17.5. The fourth-order valence-corrected chi connectivity index (χ4v) is 7.19. The number of methoxy groups -OCH3 is 1. The summed E-state index contributed by atoms with van der Waals surface area (Å²) in [7, 11) is 1.64. The molecule has 0 spiro atoms. The Morgan fingerprint density at radius 2 is 1.53 bits per heavy atom. The van der Waals surface area contributed by atoms with E-state index < -0.39 is 0 Å². The van der Waals surface area contributed by atoms with Crippen LogP contribution in [0.5, 0.6) is 5.75 Å². The molecule has 4 heterocycles. The van der Waals surface area contributed by atoms with Crippen LogP contribution in [0.15, 0.2) is 66.7 Å². The molecule has 0 saturated carbocycles. The Hall–Kier alpha value is -4.45. The topological polar surface area (TPSA) is 86.7 Å². The summed E-state index contributed by atoms with van der Waals surface area (Å²) in [6, 6.07) is 23.5. The normalized spacial score (nSPS) is 17.3. The van der Waals surface area contributed by atoms with E-state index in [-0.39, 0.29) is 12.8 Å². The minimum absolute atomic E-state index is 0.205. The average molecular weight is 666 g/mol. The predicted molar refractivity (Wildman–Crippen MR) is 192 cm³/mol. The number of hydrogen-bond acceptors (Lipinski definition) is 11. The van der Waals surface area contributed by atoms with Gasteiger partial charge in [0.2, 0.25) is 5.95 Å². The number of aromatic nitrogens is 2. The van der Waals surface area contributed by atoms with Crippen LogP contribution in [0, 0.1) is 0 Å². The van der Waals surface area contributed by atoms with Crippen molar-refractivity contribution in [3.63, 3.8) is 0 Å². The van der Waals surface area contributed by atoms with E-state index in [1.807, 2.05) is 0 Å². The first-order valence-corrected chi connectivity index (χ1v) is 17.5. The van der Waals surface area contributed by atoms with Crippen molar-refractivity contribution in [2.75, 3.05) is 101 Å². The highest BCUT2D eigenvalue weighted by Crippen LogP contribution is 2.37. The number of piperazine rings is 2. The van der Waals surface area contributed by atoms with E-state index in [9.17, 15) is 4.79 Å². The zero-order valence-electron chi connectivity index (χ0n) is 28.7. The monoisotopic (exact) mass is 665 g/mol. The Morgan fingerprint density at radius 1 is 0.796 bits per heavy atom. The quantitative estimate of drug-likeness (QED) is 0.171. The van der Waals surface area contributed by atoms with Crippen LogP contribution in [0.1, 0.15) is 23.7 Å². The van der Waals surface area contributed by atoms with Gasteiger partial charge in [0, 0.05) is 109 Å². The highest BCUT2D eigenvalue weighted by atomic mass is 16.7. The molecule has 1 aromatic heterocycles. The van der Waals surface area contributed by atoms with E-state index >= 15 is 0 Å². The maximum absolute atomic E-state index is 11.3. The van der Waals surface area contributed by atoms with Crippen LogP contribution in [-0.2, 0) is 33.8 Å². The molecular formula is C38H47N7O4. The van der Waals surface area contributed by atoms with Crippen molar-refractivity contribution in [3.8, 4) is 5.75 Å². The molecule has 0 N–H and O–H groups in total. The second-order valence-electron chi connectivity index (χ2n) is 13.1. The maximum Gasteiger partial charge on any atom is 0.302 e. The van der Waals surface area contributed by atoms with Crippen molar-refractivity contribution in [1.29, 1.82) is 0 Å². The molecular weight excluding hydrogens is 618 g/mol. The summed E-state index contributed by atoms with van der Waals surface area (Å²) in [6.07, 6.45) is 0.872. The third-order valence-electron chi connectivity index (χ3n) is 9.82. The summed E-state index contributed by atoms with van der Waals surface area (Å²) in [5.41, 5.74) is 4.87. The van der Waals surface area contributed by atoms with Crippen molar-refractivity contribution in [3.05, 3.63) is 83.6 Å². The Morgan fingerprint density at radius 3 is 2.31 bits per heavy atom. The van der Waals surface area contributed by atoms with E-state index in [2.05, 4.69) is 91.2 Å². The molecule has 2 fully saturated rings. The summed E-state index contributed by atoms with van der Waals surface area (Å²) in [4.78, 5) is 34.0. The van der Waals surface area contributed by atoms with Crippen LogP contribution >= 0.6 is 0 Å². The van der Waals surface area contributed by atoms with Gasteiger partial charge >= 0.3 is 5.97 Å². The second kappa shape index (κ2) is 15.4. The van der Waals surface area contributed by atoms with Gasteiger partial charge in [0.05, 0.1) is 12.2 Å². The number of esters is 1. The van der Waals surface area contributed by atoms with Gasteiger partial charge in [-0.05, 0) is 23.4 Å². The highest BCUT2D eigenvalue weighted by molar-refractivity contribution is 5.95. The van der Waals surface area contributed by atoms with Crippen LogP contribution in [0.3, 0.4) is 0 Å². The molecule has 0 aliphatic carbocycles. The van der Waals surface area contributed by atoms with E-state index in [0.717, 1.165) is 113 Å². The number of nitrogens with zero attached hydrogens (tertiary/aromatic N) is 7. The second-order valence-corrected chi connectivity index (χ2v) is 13.1. The lowest BCUT2D eigenvalue weighted by molar-refractivity contribution is -0.141. The molecule has 0 unspecified atom stereocenters. The molecule has 11 heteroatoms. The number of benzene rings is 3. The van der Waals surface area contributed by atoms with E-state index in [1.54, 1.807) is 7.11 Å². The average Bonchev–Trinajstić information content (AvgIpc) is 3.14. The van der Waals surface area contributed by atoms with Gasteiger partial charge in [0.1, 0.15) is 18.2 Å². The molecule has 11 nitrogen and oxygen atoms in total. The van der Waals surface area contributed by atoms with Crippen molar-refractivity contribution in [2.45, 2.75) is 26.4 Å². The fourth-order valence-electron chi connectivity index (χ4n) is 7.19. The zero-order chi connectivity index (χ0) is 33.6. The SMILES string of the molecule is COCOc1cc(N2CCc3c(nc(N4CCN(CCOC(C)=O)CC4)nc3N3CCN(Cc4ccccc4)CC3)C2)c2ccccc2c1. The van der Waals surface area contributed by atoms with Crippen molar-refractivity contribution < 1.29 is 19.0 Å². The van der Waals surface area contributed by atoms with Gasteiger partial charge in [0.25, 0.3) is 0 Å². The lowest BCUT2D eigenvalue weighted by Gasteiger charge is -2.40. The van der Waals surface area contributed by atoms with Crippen molar-refractivity contribution in [1.82, 2.24) is 19.8 Å². The van der Waals surface area contributed by atoms with E-state index in [1.165, 1.54) is 23.4 Å². The number of carbonyl (C=O) groups excluding carboxylic acids is 1. The Balaban J connectivity index is 1.14. The van der Waals surface area contributed by atoms with E-state index in [4.69, 9.17) is 24.2 Å². The first kappa shape index (κ1) is 33.1. The molecule has 2 saturated heterocycles. The zero-order valence-corrected chi connectivity index (χ0v) is 28.7. The minimum Gasteiger partial charge on any atom is -0.467 e. The predicted octanol–water partition coefficient (Wildman–Crippen LogP) is 4.18. The summed E-state index contributed by atoms with van der Waals surface area (Å²) < 4.78 is 16.3. The molecule has 3 aliphatic heterocycles. The van der Waals surface area contributed by atoms with Crippen molar-refractivity contribution >= 4 is 34.2 Å². The van der Waals surface area contributed by atoms with Crippen LogP contribution in [0.25, 0.3) is 10.8 Å². The van der Waals surface area contributed by atoms with Gasteiger partial charge in [0.15, 0.2) is 6.79 Å². The summed E-state index contributed by atoms with van der Waals surface area (Å²) in [5.74, 6) is 2.47. The van der Waals surface area contributed by atoms with Gasteiger partial charge in [-0.15, -0.1) is 0 Å². The number of anilines is 3. The molecule has 0 bridgehead atoms. The molecule has 0 amide bonds. The van der Waals surface area contributed by atoms with Crippen molar-refractivity contribution in [2.24, 2.45) is 0 Å². The Labute approximate surface area is 289 Å². The third-order valence-corrected chi connectivity index (χ3v) is 9.82. The number of hydrogen-bond donors (Lipinski definition) is 0. The van der Waals surface area contributed by atoms with Crippen LogP contribution in [0.4, 0.5) is 17.5 Å². The molecule has 7 rings (SSSR count). The molecule has 258 valence electrons. The van der Waals surface area contributed by atoms with Gasteiger partial charge in [-0.1, -0.05) is 54.6 Å². The summed E-state index contributed by atoms with van der Waals surface area (Å²) >= 11 is 0. The number of ether oxygens (including phenoxy) is 3. The maximum atomic E-state index is 11.3. The standard InChI is InChI=1S/C38H47N7O4/c1-29(46)48-23-22-41-14-20-44(21-15-41)38-39-35-27-45(36-25-32(49-28-47-2)24-31-10-6-7-11-33(31)36)13-12-34(35)37(40-38)43-18-16-42(17-19-43)26-30-8-4-3-5-9-30/h3-11,24-25H,12-23,26-28H2,1-2H3. The molecule has 4 aromatic rings. The lowest BCUT2D eigenvalue weighted by atomic mass is 10.0. The highest BCUT2D eigenvalue weighted by Gasteiger charge is 2.30. The van der Waals surface area contributed by atoms with Crippen LogP contribution in [0.2, 0.25) is 0 Å². The van der Waals surface area contributed by atoms with Gasteiger partial charge in [-0.2, -0.15) is 4.98 Å². The van der Waals surface area contributed by atoms with Crippen LogP contribution < -0.4 is 19.4 Å². The smallest absolute Gasteiger partial charge is 0.302 e. The Kier molecular flexibility index (Phi) is 10.4. The van der Waals surface area contributed by atoms with E-state index in [0.29, 0.717) is 13.2 Å². The number of fused-ring (bicyclic) bond motifs is 2. The minimum atomic E-state index is -0.231. The number of rotatable bonds is 11.